The Labute approximate surface area is 145 Å². The molecular formula is C16H19N3O5S. The zero-order chi connectivity index (χ0) is 18.2. The van der Waals surface area contributed by atoms with E-state index in [1.54, 1.807) is 6.07 Å². The van der Waals surface area contributed by atoms with Gasteiger partial charge in [-0.2, -0.15) is 8.42 Å². The molecule has 0 bridgehead atoms. The second kappa shape index (κ2) is 6.47. The van der Waals surface area contributed by atoms with Crippen molar-refractivity contribution in [3.63, 3.8) is 0 Å². The molecule has 0 spiro atoms. The van der Waals surface area contributed by atoms with Crippen LogP contribution in [-0.2, 0) is 19.6 Å². The standard InChI is InChI=1S/C16H19N3O5S/c1-10(15(17)20)24-16(21)11-6-7-12-13(9-11)25(22,23)18-14-5-3-2-4-8-19(12)14/h6-7,9-10H,2-5,8H2,1H3,(H2,17,20). The number of hydrogen-bond donors (Lipinski definition) is 1. The lowest BCUT2D eigenvalue weighted by Crippen LogP contribution is -2.35. The fourth-order valence-corrected chi connectivity index (χ4v) is 4.18. The molecule has 1 atom stereocenters. The topological polar surface area (TPSA) is 119 Å². The maximum atomic E-state index is 12.5. The van der Waals surface area contributed by atoms with Crippen LogP contribution in [-0.4, -0.2) is 38.8 Å². The van der Waals surface area contributed by atoms with E-state index in [2.05, 4.69) is 4.40 Å². The van der Waals surface area contributed by atoms with E-state index in [-0.39, 0.29) is 10.5 Å². The van der Waals surface area contributed by atoms with Crippen LogP contribution in [0.15, 0.2) is 27.5 Å². The molecule has 0 aliphatic carbocycles. The average molecular weight is 365 g/mol. The minimum atomic E-state index is -3.88. The van der Waals surface area contributed by atoms with Gasteiger partial charge >= 0.3 is 5.97 Å². The van der Waals surface area contributed by atoms with E-state index in [1.165, 1.54) is 19.1 Å². The predicted molar refractivity (Wildman–Crippen MR) is 90.9 cm³/mol. The number of amides is 1. The molecule has 2 heterocycles. The van der Waals surface area contributed by atoms with Gasteiger partial charge in [0.2, 0.25) is 0 Å². The fraction of sp³-hybridized carbons (Fsp3) is 0.438. The minimum absolute atomic E-state index is 0.0284. The van der Waals surface area contributed by atoms with Gasteiger partial charge < -0.3 is 15.4 Å². The summed E-state index contributed by atoms with van der Waals surface area (Å²) in [7, 11) is -3.88. The number of fused-ring (bicyclic) bond motifs is 3. The molecule has 9 heteroatoms. The van der Waals surface area contributed by atoms with E-state index in [0.29, 0.717) is 24.5 Å². The highest BCUT2D eigenvalue weighted by Crippen LogP contribution is 2.35. The van der Waals surface area contributed by atoms with Gasteiger partial charge in [-0.3, -0.25) is 4.79 Å². The summed E-state index contributed by atoms with van der Waals surface area (Å²) in [5, 5.41) is 0. The molecule has 1 aromatic carbocycles. The molecule has 2 aliphatic rings. The van der Waals surface area contributed by atoms with Crippen LogP contribution in [0.2, 0.25) is 0 Å². The number of nitrogens with two attached hydrogens (primary N) is 1. The molecule has 0 radical (unpaired) electrons. The number of nitrogens with zero attached hydrogens (tertiary/aromatic N) is 2. The Kier molecular flexibility index (Phi) is 4.51. The number of primary amides is 1. The van der Waals surface area contributed by atoms with Crippen molar-refractivity contribution in [2.45, 2.75) is 43.6 Å². The van der Waals surface area contributed by atoms with Crippen molar-refractivity contribution in [1.29, 1.82) is 0 Å². The molecule has 0 aromatic heterocycles. The van der Waals surface area contributed by atoms with Gasteiger partial charge in [0.1, 0.15) is 10.7 Å². The molecule has 0 saturated carbocycles. The van der Waals surface area contributed by atoms with E-state index in [1.807, 2.05) is 4.90 Å². The Bertz CT molecular complexity index is 863. The largest absolute Gasteiger partial charge is 0.449 e. The van der Waals surface area contributed by atoms with Crippen LogP contribution in [0.5, 0.6) is 0 Å². The summed E-state index contributed by atoms with van der Waals surface area (Å²) < 4.78 is 33.9. The van der Waals surface area contributed by atoms with E-state index < -0.39 is 28.0 Å². The summed E-state index contributed by atoms with van der Waals surface area (Å²) in [6.45, 7) is 2.03. The van der Waals surface area contributed by atoms with Crippen molar-refractivity contribution >= 4 is 33.4 Å². The second-order valence-electron chi connectivity index (χ2n) is 6.08. The lowest BCUT2D eigenvalue weighted by atomic mass is 10.1. The lowest BCUT2D eigenvalue weighted by molar-refractivity contribution is -0.125. The number of carbonyl (C=O) groups excluding carboxylic acids is 2. The van der Waals surface area contributed by atoms with Crippen LogP contribution in [0.3, 0.4) is 0 Å². The number of hydrogen-bond acceptors (Lipinski definition) is 6. The number of ether oxygens (including phenoxy) is 1. The average Bonchev–Trinajstić information content (AvgIpc) is 2.79. The second-order valence-corrected chi connectivity index (χ2v) is 7.65. The van der Waals surface area contributed by atoms with Crippen LogP contribution in [0.25, 0.3) is 0 Å². The van der Waals surface area contributed by atoms with Gasteiger partial charge in [-0.15, -0.1) is 4.40 Å². The Hall–Kier alpha value is -2.42. The first-order valence-corrected chi connectivity index (χ1v) is 9.49. The molecule has 8 nitrogen and oxygen atoms in total. The third-order valence-corrected chi connectivity index (χ3v) is 5.60. The van der Waals surface area contributed by atoms with Gasteiger partial charge in [-0.05, 0) is 38.0 Å². The number of esters is 1. The smallest absolute Gasteiger partial charge is 0.338 e. The van der Waals surface area contributed by atoms with Crippen molar-refractivity contribution in [2.24, 2.45) is 10.1 Å². The maximum Gasteiger partial charge on any atom is 0.338 e. The number of rotatable bonds is 3. The molecule has 3 rings (SSSR count). The Morgan fingerprint density at radius 1 is 1.28 bits per heavy atom. The molecule has 1 unspecified atom stereocenters. The molecule has 25 heavy (non-hydrogen) atoms. The first-order chi connectivity index (χ1) is 11.8. The SMILES string of the molecule is CC(OC(=O)c1ccc2c(c1)S(=O)(=O)N=C1CCCCCN12)C(N)=O. The van der Waals surface area contributed by atoms with Crippen LogP contribution < -0.4 is 10.6 Å². The molecule has 2 N–H and O–H groups in total. The Balaban J connectivity index is 1.98. The predicted octanol–water partition coefficient (Wildman–Crippen LogP) is 1.20. The van der Waals surface area contributed by atoms with Crippen LogP contribution in [0, 0.1) is 0 Å². The number of sulfonamides is 1. The molecule has 1 aromatic rings. The first-order valence-electron chi connectivity index (χ1n) is 8.05. The number of amidine groups is 1. The zero-order valence-electron chi connectivity index (χ0n) is 13.8. The number of anilines is 1. The number of carbonyl (C=O) groups is 2. The highest BCUT2D eigenvalue weighted by Gasteiger charge is 2.32. The van der Waals surface area contributed by atoms with E-state index in [0.717, 1.165) is 19.3 Å². The highest BCUT2D eigenvalue weighted by molar-refractivity contribution is 7.90. The normalized spacial score (nSPS) is 19.7. The minimum Gasteiger partial charge on any atom is -0.449 e. The zero-order valence-corrected chi connectivity index (χ0v) is 14.6. The van der Waals surface area contributed by atoms with Gasteiger partial charge in [0.15, 0.2) is 6.10 Å². The van der Waals surface area contributed by atoms with Gasteiger partial charge in [0, 0.05) is 13.0 Å². The quantitative estimate of drug-likeness (QED) is 0.804. The van der Waals surface area contributed by atoms with E-state index in [4.69, 9.17) is 10.5 Å². The number of benzene rings is 1. The third-order valence-electron chi connectivity index (χ3n) is 4.27. The summed E-state index contributed by atoms with van der Waals surface area (Å²) in [4.78, 5) is 25.0. The lowest BCUT2D eigenvalue weighted by Gasteiger charge is -2.29. The highest BCUT2D eigenvalue weighted by atomic mass is 32.2. The summed E-state index contributed by atoms with van der Waals surface area (Å²) in [5.41, 5.74) is 5.62. The molecular weight excluding hydrogens is 346 g/mol. The van der Waals surface area contributed by atoms with Crippen molar-refractivity contribution in [3.05, 3.63) is 23.8 Å². The van der Waals surface area contributed by atoms with E-state index >= 15 is 0 Å². The van der Waals surface area contributed by atoms with Gasteiger partial charge in [0.05, 0.1) is 11.3 Å². The molecule has 1 fully saturated rings. The van der Waals surface area contributed by atoms with E-state index in [9.17, 15) is 18.0 Å². The molecule has 2 aliphatic heterocycles. The Morgan fingerprint density at radius 3 is 2.76 bits per heavy atom. The molecule has 1 saturated heterocycles. The molecule has 134 valence electrons. The van der Waals surface area contributed by atoms with Gasteiger partial charge in [-0.25, -0.2) is 4.79 Å². The van der Waals surface area contributed by atoms with Crippen molar-refractivity contribution in [1.82, 2.24) is 0 Å². The van der Waals surface area contributed by atoms with Crippen LogP contribution in [0.4, 0.5) is 5.69 Å². The van der Waals surface area contributed by atoms with Crippen molar-refractivity contribution in [2.75, 3.05) is 11.4 Å². The fourth-order valence-electron chi connectivity index (χ4n) is 2.89. The van der Waals surface area contributed by atoms with Crippen molar-refractivity contribution < 1.29 is 22.7 Å². The van der Waals surface area contributed by atoms with Crippen molar-refractivity contribution in [3.8, 4) is 0 Å². The summed E-state index contributed by atoms with van der Waals surface area (Å²) in [6, 6.07) is 4.31. The maximum absolute atomic E-state index is 12.5. The summed E-state index contributed by atoms with van der Waals surface area (Å²) in [6.07, 6.45) is 2.36. The van der Waals surface area contributed by atoms with Crippen LogP contribution in [0.1, 0.15) is 43.0 Å². The third kappa shape index (κ3) is 3.37. The molecule has 1 amide bonds. The summed E-state index contributed by atoms with van der Waals surface area (Å²) in [5.74, 6) is -1.05. The Morgan fingerprint density at radius 2 is 2.04 bits per heavy atom. The van der Waals surface area contributed by atoms with Crippen LogP contribution >= 0.6 is 0 Å². The van der Waals surface area contributed by atoms with Gasteiger partial charge in [-0.1, -0.05) is 6.42 Å². The van der Waals surface area contributed by atoms with Gasteiger partial charge in [0.25, 0.3) is 15.9 Å². The first kappa shape index (κ1) is 17.4. The monoisotopic (exact) mass is 365 g/mol. The summed E-state index contributed by atoms with van der Waals surface area (Å²) >= 11 is 0.